The molecule has 0 aliphatic carbocycles. The quantitative estimate of drug-likeness (QED) is 0.383. The van der Waals surface area contributed by atoms with Crippen molar-refractivity contribution in [2.24, 2.45) is 0 Å². The van der Waals surface area contributed by atoms with Crippen LogP contribution in [0.2, 0.25) is 0 Å². The van der Waals surface area contributed by atoms with Gasteiger partial charge in [0.05, 0.1) is 37.8 Å². The number of carbonyl (C=O) groups is 1. The number of allylic oxidation sites excluding steroid dienone is 3. The number of amides is 1. The van der Waals surface area contributed by atoms with E-state index in [9.17, 15) is 9.90 Å². The number of aromatic nitrogens is 2. The van der Waals surface area contributed by atoms with E-state index < -0.39 is 6.23 Å². The molecule has 4 rings (SSSR count). The molecule has 1 amide bonds. The predicted octanol–water partition coefficient (Wildman–Crippen LogP) is 3.21. The van der Waals surface area contributed by atoms with Crippen molar-refractivity contribution < 1.29 is 19.4 Å². The van der Waals surface area contributed by atoms with E-state index in [1.807, 2.05) is 32.9 Å². The molecule has 1 aromatic carbocycles. The van der Waals surface area contributed by atoms with Crippen molar-refractivity contribution in [1.29, 1.82) is 0 Å². The molecule has 1 unspecified atom stereocenters. The standard InChI is InChI=1S/C25H31N5O4/c1-15(18-13-26-27-14-18)9-20(17(3)30-5-7-34-8-6-30)25(32)29-22-11-19-16(2)10-24(31)28-21(19)12-23(22)33-4/h9-14,24,28,31H,5-8H2,1-4H3,(H,26,27)(H,29,32)/b15-9+,20-17-. The molecular formula is C25H31N5O4. The lowest BCUT2D eigenvalue weighted by atomic mass is 9.99. The van der Waals surface area contributed by atoms with E-state index >= 15 is 0 Å². The van der Waals surface area contributed by atoms with Gasteiger partial charge in [0, 0.05) is 47.9 Å². The maximum atomic E-state index is 13.7. The predicted molar refractivity (Wildman–Crippen MR) is 132 cm³/mol. The van der Waals surface area contributed by atoms with Gasteiger partial charge in [0.2, 0.25) is 0 Å². The number of hydrogen-bond donors (Lipinski definition) is 4. The number of methoxy groups -OCH3 is 1. The largest absolute Gasteiger partial charge is 0.494 e. The number of nitrogens with one attached hydrogen (secondary N) is 3. The molecule has 1 atom stereocenters. The minimum Gasteiger partial charge on any atom is -0.494 e. The number of carbonyl (C=O) groups excluding carboxylic acids is 1. The second kappa shape index (κ2) is 10.1. The summed E-state index contributed by atoms with van der Waals surface area (Å²) in [6.45, 7) is 8.53. The van der Waals surface area contributed by atoms with Gasteiger partial charge in [-0.2, -0.15) is 5.10 Å². The number of aliphatic hydroxyl groups is 1. The number of hydrogen-bond acceptors (Lipinski definition) is 7. The summed E-state index contributed by atoms with van der Waals surface area (Å²) in [7, 11) is 1.55. The van der Waals surface area contributed by atoms with Crippen molar-refractivity contribution in [3.8, 4) is 5.75 Å². The minimum atomic E-state index is -0.764. The Labute approximate surface area is 199 Å². The monoisotopic (exact) mass is 465 g/mol. The molecule has 0 saturated carbocycles. The van der Waals surface area contributed by atoms with Crippen LogP contribution in [-0.2, 0) is 9.53 Å². The number of morpholine rings is 1. The molecule has 180 valence electrons. The number of fused-ring (bicyclic) bond motifs is 1. The molecule has 3 heterocycles. The number of nitrogens with zero attached hydrogens (tertiary/aromatic N) is 2. The van der Waals surface area contributed by atoms with E-state index in [1.165, 1.54) is 0 Å². The maximum absolute atomic E-state index is 13.7. The Kier molecular flexibility index (Phi) is 7.04. The third kappa shape index (κ3) is 5.00. The van der Waals surface area contributed by atoms with Crippen LogP contribution in [0, 0.1) is 0 Å². The van der Waals surface area contributed by atoms with Gasteiger partial charge in [-0.05, 0) is 50.1 Å². The van der Waals surface area contributed by atoms with Crippen LogP contribution in [0.15, 0.2) is 47.9 Å². The Hall–Kier alpha value is -3.56. The van der Waals surface area contributed by atoms with Crippen LogP contribution in [0.25, 0.3) is 11.1 Å². The van der Waals surface area contributed by atoms with Gasteiger partial charge in [0.15, 0.2) is 0 Å². The average molecular weight is 466 g/mol. The summed E-state index contributed by atoms with van der Waals surface area (Å²) in [6.07, 6.45) is 6.38. The van der Waals surface area contributed by atoms with Crippen molar-refractivity contribution in [3.05, 3.63) is 59.1 Å². The van der Waals surface area contributed by atoms with Crippen molar-refractivity contribution in [1.82, 2.24) is 15.1 Å². The van der Waals surface area contributed by atoms with Crippen LogP contribution in [-0.4, -0.2) is 65.8 Å². The lowest BCUT2D eigenvalue weighted by Crippen LogP contribution is -2.36. The molecule has 1 aromatic heterocycles. The summed E-state index contributed by atoms with van der Waals surface area (Å²) in [6, 6.07) is 3.65. The fraction of sp³-hybridized carbons (Fsp3) is 0.360. The Morgan fingerprint density at radius 2 is 2.09 bits per heavy atom. The fourth-order valence-electron chi connectivity index (χ4n) is 4.18. The Bertz CT molecular complexity index is 1140. The van der Waals surface area contributed by atoms with Crippen molar-refractivity contribution >= 4 is 28.4 Å². The Balaban J connectivity index is 1.71. The average Bonchev–Trinajstić information content (AvgIpc) is 3.37. The number of aromatic amines is 1. The van der Waals surface area contributed by atoms with Crippen molar-refractivity contribution in [2.45, 2.75) is 27.0 Å². The molecule has 34 heavy (non-hydrogen) atoms. The lowest BCUT2D eigenvalue weighted by Gasteiger charge is -2.30. The zero-order valence-corrected chi connectivity index (χ0v) is 19.9. The third-order valence-electron chi connectivity index (χ3n) is 6.16. The highest BCUT2D eigenvalue weighted by Gasteiger charge is 2.22. The molecular weight excluding hydrogens is 434 g/mol. The Morgan fingerprint density at radius 1 is 1.32 bits per heavy atom. The number of rotatable bonds is 6. The second-order valence-electron chi connectivity index (χ2n) is 8.40. The zero-order valence-electron chi connectivity index (χ0n) is 19.9. The van der Waals surface area contributed by atoms with E-state index in [1.54, 1.807) is 31.6 Å². The van der Waals surface area contributed by atoms with Crippen LogP contribution in [0.5, 0.6) is 5.75 Å². The van der Waals surface area contributed by atoms with Gasteiger partial charge in [0.25, 0.3) is 5.91 Å². The fourth-order valence-corrected chi connectivity index (χ4v) is 4.18. The van der Waals surface area contributed by atoms with Crippen molar-refractivity contribution in [3.63, 3.8) is 0 Å². The van der Waals surface area contributed by atoms with Gasteiger partial charge in [0.1, 0.15) is 12.0 Å². The highest BCUT2D eigenvalue weighted by atomic mass is 16.5. The van der Waals surface area contributed by atoms with Crippen LogP contribution in [0.3, 0.4) is 0 Å². The van der Waals surface area contributed by atoms with Gasteiger partial charge < -0.3 is 30.1 Å². The number of benzene rings is 1. The molecule has 9 heteroatoms. The molecule has 0 spiro atoms. The first-order chi connectivity index (χ1) is 16.4. The molecule has 1 fully saturated rings. The smallest absolute Gasteiger partial charge is 0.257 e. The van der Waals surface area contributed by atoms with Crippen LogP contribution in [0.1, 0.15) is 31.9 Å². The zero-order chi connectivity index (χ0) is 24.2. The summed E-state index contributed by atoms with van der Waals surface area (Å²) in [5.74, 6) is 0.260. The van der Waals surface area contributed by atoms with E-state index in [0.717, 1.165) is 46.7 Å². The Morgan fingerprint density at radius 3 is 2.76 bits per heavy atom. The third-order valence-corrected chi connectivity index (χ3v) is 6.16. The molecule has 9 nitrogen and oxygen atoms in total. The molecule has 2 aromatic rings. The van der Waals surface area contributed by atoms with Gasteiger partial charge in [-0.25, -0.2) is 0 Å². The normalized spacial score (nSPS) is 19.0. The van der Waals surface area contributed by atoms with Crippen LogP contribution >= 0.6 is 0 Å². The minimum absolute atomic E-state index is 0.240. The summed E-state index contributed by atoms with van der Waals surface area (Å²) >= 11 is 0. The van der Waals surface area contributed by atoms with E-state index in [4.69, 9.17) is 9.47 Å². The molecule has 0 radical (unpaired) electrons. The highest BCUT2D eigenvalue weighted by molar-refractivity contribution is 6.08. The number of anilines is 2. The molecule has 1 saturated heterocycles. The first-order valence-electron chi connectivity index (χ1n) is 11.2. The van der Waals surface area contributed by atoms with Crippen molar-refractivity contribution in [2.75, 3.05) is 44.0 Å². The van der Waals surface area contributed by atoms with Crippen LogP contribution in [0.4, 0.5) is 11.4 Å². The van der Waals surface area contributed by atoms with Gasteiger partial charge in [-0.15, -0.1) is 0 Å². The summed E-state index contributed by atoms with van der Waals surface area (Å²) in [5, 5.41) is 22.9. The lowest BCUT2D eigenvalue weighted by molar-refractivity contribution is -0.112. The number of aliphatic hydroxyl groups excluding tert-OH is 1. The van der Waals surface area contributed by atoms with Gasteiger partial charge in [-0.1, -0.05) is 0 Å². The summed E-state index contributed by atoms with van der Waals surface area (Å²) in [4.78, 5) is 15.8. The van der Waals surface area contributed by atoms with E-state index in [-0.39, 0.29) is 5.91 Å². The van der Waals surface area contributed by atoms with Crippen LogP contribution < -0.4 is 15.4 Å². The highest BCUT2D eigenvalue weighted by Crippen LogP contribution is 2.38. The summed E-state index contributed by atoms with van der Waals surface area (Å²) in [5.41, 5.74) is 6.37. The molecule has 2 aliphatic rings. The maximum Gasteiger partial charge on any atom is 0.257 e. The summed E-state index contributed by atoms with van der Waals surface area (Å²) < 4.78 is 11.0. The van der Waals surface area contributed by atoms with Gasteiger partial charge in [-0.3, -0.25) is 9.89 Å². The van der Waals surface area contributed by atoms with E-state index in [0.29, 0.717) is 30.2 Å². The first-order valence-corrected chi connectivity index (χ1v) is 11.2. The molecule has 4 N–H and O–H groups in total. The number of H-pyrrole nitrogens is 1. The topological polar surface area (TPSA) is 112 Å². The first kappa shape index (κ1) is 23.6. The SMILES string of the molecule is COc1cc2c(cc1NC(=O)C(/C=C(\C)c1cn[nH]c1)=C(/C)N1CCOCC1)C(C)=CC(O)N2. The second-order valence-corrected chi connectivity index (χ2v) is 8.40. The molecule has 2 aliphatic heterocycles. The van der Waals surface area contributed by atoms with Gasteiger partial charge >= 0.3 is 0 Å². The number of ether oxygens (including phenoxy) is 2. The van der Waals surface area contributed by atoms with E-state index in [2.05, 4.69) is 25.7 Å². The molecule has 0 bridgehead atoms.